The van der Waals surface area contributed by atoms with Gasteiger partial charge in [0.05, 0.1) is 12.2 Å². The summed E-state index contributed by atoms with van der Waals surface area (Å²) in [6.45, 7) is 7.97. The second-order valence-corrected chi connectivity index (χ2v) is 7.47. The Balaban J connectivity index is 1.62. The van der Waals surface area contributed by atoms with Crippen LogP contribution in [-0.4, -0.2) is 40.4 Å². The molecule has 5 heteroatoms. The molecule has 1 aliphatic carbocycles. The summed E-state index contributed by atoms with van der Waals surface area (Å²) in [6, 6.07) is 0. The molecule has 0 radical (unpaired) electrons. The van der Waals surface area contributed by atoms with Crippen molar-refractivity contribution in [2.75, 3.05) is 24.5 Å². The van der Waals surface area contributed by atoms with Gasteiger partial charge in [-0.05, 0) is 38.5 Å². The van der Waals surface area contributed by atoms with Crippen molar-refractivity contribution in [3.8, 4) is 0 Å². The Hall–Kier alpha value is -1.65. The van der Waals surface area contributed by atoms with E-state index >= 15 is 0 Å². The van der Waals surface area contributed by atoms with Crippen LogP contribution >= 0.6 is 0 Å². The lowest BCUT2D eigenvalue weighted by Gasteiger charge is -2.36. The molecule has 0 bridgehead atoms. The average Bonchev–Trinajstić information content (AvgIpc) is 3.39. The van der Waals surface area contributed by atoms with Gasteiger partial charge in [0.25, 0.3) is 0 Å². The number of aryl methyl sites for hydroxylation is 1. The number of anilines is 1. The van der Waals surface area contributed by atoms with Gasteiger partial charge >= 0.3 is 0 Å². The summed E-state index contributed by atoms with van der Waals surface area (Å²) in [6.07, 6.45) is 5.46. The third-order valence-electron chi connectivity index (χ3n) is 5.47. The van der Waals surface area contributed by atoms with E-state index in [1.54, 1.807) is 0 Å². The van der Waals surface area contributed by atoms with Crippen molar-refractivity contribution >= 4 is 11.7 Å². The number of rotatable bonds is 2. The third kappa shape index (κ3) is 2.93. The maximum absolute atomic E-state index is 12.4. The van der Waals surface area contributed by atoms with Gasteiger partial charge in [0, 0.05) is 37.5 Å². The molecule has 2 fully saturated rings. The van der Waals surface area contributed by atoms with Gasteiger partial charge in [-0.15, -0.1) is 0 Å². The molecule has 1 aromatic heterocycles. The predicted molar refractivity (Wildman–Crippen MR) is 89.2 cm³/mol. The van der Waals surface area contributed by atoms with E-state index in [0.717, 1.165) is 62.2 Å². The fourth-order valence-corrected chi connectivity index (χ4v) is 3.78. The molecule has 23 heavy (non-hydrogen) atoms. The summed E-state index contributed by atoms with van der Waals surface area (Å²) in [5, 5.41) is 0. The average molecular weight is 314 g/mol. The summed E-state index contributed by atoms with van der Waals surface area (Å²) < 4.78 is 0. The number of hydrogen-bond acceptors (Lipinski definition) is 4. The lowest BCUT2D eigenvalue weighted by molar-refractivity contribution is -0.133. The Morgan fingerprint density at radius 1 is 1.09 bits per heavy atom. The van der Waals surface area contributed by atoms with E-state index in [2.05, 4.69) is 16.8 Å². The number of fused-ring (bicyclic) bond motifs is 1. The highest BCUT2D eigenvalue weighted by Gasteiger charge is 2.36. The molecule has 3 aliphatic rings. The minimum absolute atomic E-state index is 0.294. The van der Waals surface area contributed by atoms with Crippen molar-refractivity contribution in [3.05, 3.63) is 17.1 Å². The minimum Gasteiger partial charge on any atom is -0.356 e. The van der Waals surface area contributed by atoms with Gasteiger partial charge < -0.3 is 9.80 Å². The second kappa shape index (κ2) is 5.77. The van der Waals surface area contributed by atoms with Crippen LogP contribution in [-0.2, 0) is 17.8 Å². The minimum atomic E-state index is 0.294. The van der Waals surface area contributed by atoms with Crippen LogP contribution in [0.15, 0.2) is 0 Å². The number of amides is 1. The zero-order valence-electron chi connectivity index (χ0n) is 14.2. The van der Waals surface area contributed by atoms with E-state index in [4.69, 9.17) is 4.98 Å². The smallest absolute Gasteiger partial charge is 0.225 e. The monoisotopic (exact) mass is 314 g/mol. The number of piperidine rings is 1. The van der Waals surface area contributed by atoms with Gasteiger partial charge in [-0.2, -0.15) is 0 Å². The van der Waals surface area contributed by atoms with Crippen molar-refractivity contribution in [3.63, 3.8) is 0 Å². The number of carbonyl (C=O) groups excluding carboxylic acids is 1. The molecule has 0 unspecified atom stereocenters. The molecule has 1 saturated carbocycles. The van der Waals surface area contributed by atoms with E-state index in [-0.39, 0.29) is 0 Å². The fraction of sp³-hybridized carbons (Fsp3) is 0.722. The maximum Gasteiger partial charge on any atom is 0.225 e. The van der Waals surface area contributed by atoms with E-state index in [9.17, 15) is 4.79 Å². The Morgan fingerprint density at radius 2 is 1.83 bits per heavy atom. The van der Waals surface area contributed by atoms with E-state index in [0.29, 0.717) is 18.4 Å². The molecule has 2 aliphatic heterocycles. The van der Waals surface area contributed by atoms with Crippen LogP contribution in [0.5, 0.6) is 0 Å². The lowest BCUT2D eigenvalue weighted by atomic mass is 9.98. The molecule has 1 aromatic rings. The van der Waals surface area contributed by atoms with Crippen LogP contribution in [0.1, 0.15) is 49.7 Å². The van der Waals surface area contributed by atoms with E-state index in [1.807, 2.05) is 11.8 Å². The Bertz CT molecular complexity index is 618. The van der Waals surface area contributed by atoms with Crippen molar-refractivity contribution in [1.29, 1.82) is 0 Å². The highest BCUT2D eigenvalue weighted by atomic mass is 16.2. The normalized spacial score (nSPS) is 22.2. The standard InChI is InChI=1S/C18H26N4O/c1-12-5-8-21(9-6-12)17-15-11-22(18(23)14-3-4-14)10-7-16(15)19-13(2)20-17/h12,14H,3-11H2,1-2H3. The molecule has 124 valence electrons. The SMILES string of the molecule is Cc1nc2c(c(N3CCC(C)CC3)n1)CN(C(=O)C1CC1)CC2. The predicted octanol–water partition coefficient (Wildman–Crippen LogP) is 2.32. The molecular formula is C18H26N4O. The molecule has 4 rings (SSSR count). The van der Waals surface area contributed by atoms with Crippen molar-refractivity contribution < 1.29 is 4.79 Å². The number of aromatic nitrogens is 2. The third-order valence-corrected chi connectivity index (χ3v) is 5.47. The van der Waals surface area contributed by atoms with Crippen LogP contribution < -0.4 is 4.90 Å². The molecule has 0 aromatic carbocycles. The first-order valence-electron chi connectivity index (χ1n) is 9.02. The molecule has 5 nitrogen and oxygen atoms in total. The number of nitrogens with zero attached hydrogens (tertiary/aromatic N) is 4. The van der Waals surface area contributed by atoms with E-state index in [1.165, 1.54) is 18.4 Å². The van der Waals surface area contributed by atoms with Gasteiger partial charge in [0.15, 0.2) is 0 Å². The highest BCUT2D eigenvalue weighted by molar-refractivity contribution is 5.81. The fourth-order valence-electron chi connectivity index (χ4n) is 3.78. The molecule has 0 atom stereocenters. The first-order chi connectivity index (χ1) is 11.1. The van der Waals surface area contributed by atoms with Crippen molar-refractivity contribution in [2.45, 2.75) is 52.5 Å². The molecule has 1 saturated heterocycles. The first kappa shape index (κ1) is 14.9. The van der Waals surface area contributed by atoms with Crippen LogP contribution in [0.4, 0.5) is 5.82 Å². The topological polar surface area (TPSA) is 49.3 Å². The molecule has 0 spiro atoms. The van der Waals surface area contributed by atoms with Gasteiger partial charge in [-0.1, -0.05) is 6.92 Å². The van der Waals surface area contributed by atoms with Crippen LogP contribution in [0.2, 0.25) is 0 Å². The summed E-state index contributed by atoms with van der Waals surface area (Å²) in [7, 11) is 0. The largest absolute Gasteiger partial charge is 0.356 e. The zero-order valence-corrected chi connectivity index (χ0v) is 14.2. The zero-order chi connectivity index (χ0) is 16.0. The Morgan fingerprint density at radius 3 is 2.52 bits per heavy atom. The molecule has 0 N–H and O–H groups in total. The van der Waals surface area contributed by atoms with Crippen molar-refractivity contribution in [2.24, 2.45) is 11.8 Å². The summed E-state index contributed by atoms with van der Waals surface area (Å²) >= 11 is 0. The van der Waals surface area contributed by atoms with Gasteiger partial charge in [0.1, 0.15) is 11.6 Å². The van der Waals surface area contributed by atoms with E-state index < -0.39 is 0 Å². The van der Waals surface area contributed by atoms with Crippen LogP contribution in [0.3, 0.4) is 0 Å². The molecular weight excluding hydrogens is 288 g/mol. The Kier molecular flexibility index (Phi) is 3.74. The molecule has 3 heterocycles. The Labute approximate surface area is 138 Å². The number of carbonyl (C=O) groups is 1. The lowest BCUT2D eigenvalue weighted by Crippen LogP contribution is -2.40. The summed E-state index contributed by atoms with van der Waals surface area (Å²) in [5.74, 6) is 3.39. The summed E-state index contributed by atoms with van der Waals surface area (Å²) in [4.78, 5) is 26.3. The van der Waals surface area contributed by atoms with Crippen LogP contribution in [0, 0.1) is 18.8 Å². The highest BCUT2D eigenvalue weighted by Crippen LogP contribution is 2.34. The maximum atomic E-state index is 12.4. The second-order valence-electron chi connectivity index (χ2n) is 7.47. The first-order valence-corrected chi connectivity index (χ1v) is 9.02. The van der Waals surface area contributed by atoms with Gasteiger partial charge in [0.2, 0.25) is 5.91 Å². The van der Waals surface area contributed by atoms with Gasteiger partial charge in [-0.3, -0.25) is 4.79 Å². The quantitative estimate of drug-likeness (QED) is 0.840. The van der Waals surface area contributed by atoms with Crippen molar-refractivity contribution in [1.82, 2.24) is 14.9 Å². The molecule has 1 amide bonds. The van der Waals surface area contributed by atoms with Crippen LogP contribution in [0.25, 0.3) is 0 Å². The number of hydrogen-bond donors (Lipinski definition) is 0. The van der Waals surface area contributed by atoms with Gasteiger partial charge in [-0.25, -0.2) is 9.97 Å². The summed E-state index contributed by atoms with van der Waals surface area (Å²) in [5.41, 5.74) is 2.36.